The zero-order valence-corrected chi connectivity index (χ0v) is 20.7. The maximum Gasteiger partial charge on any atom is 0.490 e. The summed E-state index contributed by atoms with van der Waals surface area (Å²) in [7, 11) is 0. The van der Waals surface area contributed by atoms with E-state index in [2.05, 4.69) is 9.97 Å². The first-order chi connectivity index (χ1) is 18.6. The van der Waals surface area contributed by atoms with E-state index in [9.17, 15) is 31.1 Å². The number of amides is 1. The average Bonchev–Trinajstić information content (AvgIpc) is 3.29. The number of carboxylic acid groups (broad SMARTS) is 2. The number of piperidine rings is 1. The molecule has 2 aliphatic rings. The van der Waals surface area contributed by atoms with Gasteiger partial charge in [0, 0.05) is 31.6 Å². The first kappa shape index (κ1) is 32.4. The monoisotopic (exact) mass is 581 g/mol. The highest BCUT2D eigenvalue weighted by atomic mass is 19.4. The van der Waals surface area contributed by atoms with Gasteiger partial charge in [0.25, 0.3) is 5.91 Å². The maximum absolute atomic E-state index is 12.7. The molecule has 2 aliphatic heterocycles. The summed E-state index contributed by atoms with van der Waals surface area (Å²) in [6.07, 6.45) is -2.18. The lowest BCUT2D eigenvalue weighted by atomic mass is 9.89. The Bertz CT molecular complexity index is 1100. The van der Waals surface area contributed by atoms with Crippen molar-refractivity contribution in [3.05, 3.63) is 60.2 Å². The predicted octanol–water partition coefficient (Wildman–Crippen LogP) is 3.72. The fourth-order valence-corrected chi connectivity index (χ4v) is 3.81. The molecule has 220 valence electrons. The number of hydrogen-bond acceptors (Lipinski definition) is 7. The van der Waals surface area contributed by atoms with Crippen LogP contribution in [0.2, 0.25) is 0 Å². The van der Waals surface area contributed by atoms with E-state index in [1.165, 1.54) is 0 Å². The molecule has 2 atom stereocenters. The third-order valence-electron chi connectivity index (χ3n) is 5.61. The Morgan fingerprint density at radius 2 is 1.60 bits per heavy atom. The van der Waals surface area contributed by atoms with Crippen LogP contribution in [0.4, 0.5) is 26.3 Å². The molecule has 0 unspecified atom stereocenters. The zero-order chi connectivity index (χ0) is 30.0. The zero-order valence-electron chi connectivity index (χ0n) is 20.7. The molecule has 2 N–H and O–H groups in total. The van der Waals surface area contributed by atoms with Crippen molar-refractivity contribution in [1.29, 1.82) is 0 Å². The Morgan fingerprint density at radius 1 is 1.00 bits per heavy atom. The van der Waals surface area contributed by atoms with Crippen LogP contribution in [0.15, 0.2) is 48.9 Å². The number of halogens is 6. The van der Waals surface area contributed by atoms with Gasteiger partial charge in [0.1, 0.15) is 5.69 Å². The first-order valence-electron chi connectivity index (χ1n) is 11.6. The van der Waals surface area contributed by atoms with Crippen LogP contribution in [0.1, 0.15) is 35.3 Å². The van der Waals surface area contributed by atoms with E-state index in [-0.39, 0.29) is 17.6 Å². The third kappa shape index (κ3) is 10.4. The van der Waals surface area contributed by atoms with Gasteiger partial charge in [-0.1, -0.05) is 6.07 Å². The van der Waals surface area contributed by atoms with Crippen molar-refractivity contribution in [3.63, 3.8) is 0 Å². The van der Waals surface area contributed by atoms with Gasteiger partial charge < -0.3 is 24.6 Å². The second-order valence-corrected chi connectivity index (χ2v) is 8.64. The predicted molar refractivity (Wildman–Crippen MR) is 123 cm³/mol. The molecule has 2 aromatic heterocycles. The summed E-state index contributed by atoms with van der Waals surface area (Å²) in [6, 6.07) is 9.34. The van der Waals surface area contributed by atoms with E-state index >= 15 is 0 Å². The van der Waals surface area contributed by atoms with Crippen molar-refractivity contribution in [3.8, 4) is 0 Å². The Labute approximate surface area is 223 Å². The molecule has 40 heavy (non-hydrogen) atoms. The van der Waals surface area contributed by atoms with Crippen LogP contribution in [0, 0.1) is 0 Å². The van der Waals surface area contributed by atoms with E-state index in [0.717, 1.165) is 31.4 Å². The number of nitrogens with zero attached hydrogens (tertiary/aromatic N) is 3. The molecule has 4 rings (SSSR count). The lowest BCUT2D eigenvalue weighted by molar-refractivity contribution is -0.193. The highest BCUT2D eigenvalue weighted by Gasteiger charge is 2.45. The lowest BCUT2D eigenvalue weighted by Gasteiger charge is -2.39. The number of ether oxygens (including phenoxy) is 2. The fraction of sp³-hybridized carbons (Fsp3) is 0.458. The fourth-order valence-electron chi connectivity index (χ4n) is 3.81. The number of carboxylic acids is 2. The highest BCUT2D eigenvalue weighted by Crippen LogP contribution is 2.36. The Hall–Kier alpha value is -3.79. The molecule has 2 aromatic rings. The lowest BCUT2D eigenvalue weighted by Crippen LogP contribution is -2.50. The quantitative estimate of drug-likeness (QED) is 0.517. The van der Waals surface area contributed by atoms with Crippen LogP contribution < -0.4 is 0 Å². The van der Waals surface area contributed by atoms with Gasteiger partial charge >= 0.3 is 24.3 Å². The van der Waals surface area contributed by atoms with Gasteiger partial charge in [-0.25, -0.2) is 9.59 Å². The van der Waals surface area contributed by atoms with Crippen molar-refractivity contribution in [2.75, 3.05) is 19.7 Å². The number of aliphatic carboxylic acids is 2. The van der Waals surface area contributed by atoms with Crippen molar-refractivity contribution in [1.82, 2.24) is 14.9 Å². The van der Waals surface area contributed by atoms with Crippen LogP contribution in [0.25, 0.3) is 0 Å². The van der Waals surface area contributed by atoms with E-state index < -0.39 is 24.3 Å². The smallest absolute Gasteiger partial charge is 0.475 e. The molecule has 2 saturated heterocycles. The van der Waals surface area contributed by atoms with Gasteiger partial charge in [-0.2, -0.15) is 26.3 Å². The SMILES string of the molecule is O=C(O)C(F)(F)F.O=C(O)C(F)(F)F.O=C(c1ccccn1)N1CCC[C@]2(C[C@H](OCc3ccncc3)CO2)C1. The molecule has 10 nitrogen and oxygen atoms in total. The number of pyridine rings is 2. The summed E-state index contributed by atoms with van der Waals surface area (Å²) in [5, 5.41) is 14.2. The molecule has 1 spiro atoms. The molecule has 1 amide bonds. The summed E-state index contributed by atoms with van der Waals surface area (Å²) in [5.74, 6) is -5.53. The number of alkyl halides is 6. The maximum atomic E-state index is 12.7. The number of aromatic nitrogens is 2. The standard InChI is InChI=1S/C20H23N3O3.2C2HF3O2/c24-19(18-4-1-2-8-22-18)23-11-3-7-20(15-23)12-17(14-26-20)25-13-16-5-9-21-10-6-16;2*3-2(4,5)1(6)7/h1-2,4-6,8-10,17H,3,7,11-15H2;2*(H,6,7)/t17-,20-;;/m0../s1. The van der Waals surface area contributed by atoms with Crippen LogP contribution in [0.5, 0.6) is 0 Å². The molecular weight excluding hydrogens is 556 g/mol. The summed E-state index contributed by atoms with van der Waals surface area (Å²) < 4.78 is 75.6. The second-order valence-electron chi connectivity index (χ2n) is 8.64. The summed E-state index contributed by atoms with van der Waals surface area (Å²) in [5.41, 5.74) is 1.32. The summed E-state index contributed by atoms with van der Waals surface area (Å²) >= 11 is 0. The summed E-state index contributed by atoms with van der Waals surface area (Å²) in [4.78, 5) is 40.6. The van der Waals surface area contributed by atoms with E-state index in [4.69, 9.17) is 29.3 Å². The highest BCUT2D eigenvalue weighted by molar-refractivity contribution is 5.92. The molecule has 0 bridgehead atoms. The number of rotatable bonds is 4. The van der Waals surface area contributed by atoms with Crippen molar-refractivity contribution in [2.45, 2.75) is 49.9 Å². The molecule has 0 saturated carbocycles. The van der Waals surface area contributed by atoms with Crippen molar-refractivity contribution >= 4 is 17.8 Å². The topological polar surface area (TPSA) is 139 Å². The molecule has 16 heteroatoms. The number of carbonyl (C=O) groups excluding carboxylic acids is 1. The van der Waals surface area contributed by atoms with Crippen molar-refractivity contribution in [2.24, 2.45) is 0 Å². The number of likely N-dealkylation sites (tertiary alicyclic amines) is 1. The van der Waals surface area contributed by atoms with Crippen molar-refractivity contribution < 1.29 is 60.4 Å². The van der Waals surface area contributed by atoms with Gasteiger partial charge in [-0.3, -0.25) is 14.8 Å². The Morgan fingerprint density at radius 3 is 2.12 bits per heavy atom. The molecule has 0 aliphatic carbocycles. The second kappa shape index (κ2) is 14.0. The van der Waals surface area contributed by atoms with E-state index in [1.807, 2.05) is 29.2 Å². The van der Waals surface area contributed by atoms with Crippen LogP contribution >= 0.6 is 0 Å². The minimum Gasteiger partial charge on any atom is -0.475 e. The normalized spacial score (nSPS) is 20.6. The van der Waals surface area contributed by atoms with Crippen LogP contribution in [0.3, 0.4) is 0 Å². The minimum absolute atomic E-state index is 0.0190. The number of carbonyl (C=O) groups is 3. The molecule has 0 radical (unpaired) electrons. The van der Waals surface area contributed by atoms with Gasteiger partial charge in [0.2, 0.25) is 0 Å². The van der Waals surface area contributed by atoms with Gasteiger partial charge in [-0.05, 0) is 42.7 Å². The van der Waals surface area contributed by atoms with Crippen LogP contribution in [-0.4, -0.2) is 86.7 Å². The average molecular weight is 581 g/mol. The molecular formula is C24H25F6N3O7. The van der Waals surface area contributed by atoms with Gasteiger partial charge in [0.05, 0.1) is 31.5 Å². The minimum atomic E-state index is -5.08. The van der Waals surface area contributed by atoms with Gasteiger partial charge in [-0.15, -0.1) is 0 Å². The van der Waals surface area contributed by atoms with Gasteiger partial charge in [0.15, 0.2) is 0 Å². The largest absolute Gasteiger partial charge is 0.490 e. The van der Waals surface area contributed by atoms with Crippen LogP contribution in [-0.2, 0) is 25.7 Å². The third-order valence-corrected chi connectivity index (χ3v) is 5.61. The molecule has 2 fully saturated rings. The Kier molecular flexibility index (Phi) is 11.4. The molecule has 0 aromatic carbocycles. The summed E-state index contributed by atoms with van der Waals surface area (Å²) in [6.45, 7) is 2.50. The molecule has 4 heterocycles. The first-order valence-corrected chi connectivity index (χ1v) is 11.6. The van der Waals surface area contributed by atoms with E-state index in [1.54, 1.807) is 24.7 Å². The van der Waals surface area contributed by atoms with E-state index in [0.29, 0.717) is 25.5 Å². The Balaban J connectivity index is 0.000000333. The number of hydrogen-bond donors (Lipinski definition) is 2.